The maximum atomic E-state index is 11.8. The van der Waals surface area contributed by atoms with Crippen LogP contribution in [0, 0.1) is 5.92 Å². The van der Waals surface area contributed by atoms with Crippen LogP contribution in [0.1, 0.15) is 37.1 Å². The molecule has 0 radical (unpaired) electrons. The number of amides is 1. The fourth-order valence-electron chi connectivity index (χ4n) is 3.15. The Morgan fingerprint density at radius 1 is 1.29 bits per heavy atom. The first-order chi connectivity index (χ1) is 13.6. The molecule has 148 valence electrons. The zero-order valence-corrected chi connectivity index (χ0v) is 19.0. The summed E-state index contributed by atoms with van der Waals surface area (Å²) in [7, 11) is 0. The highest BCUT2D eigenvalue weighted by Gasteiger charge is 2.24. The average Bonchev–Trinajstić information content (AvgIpc) is 3.28. The standard InChI is InChI=1S/C18H21N5OS4/c1-3-6-19-13(24)8-25-17-22-23-18(28-17)27-16-14-11-5-4-10(2)7-12(11)26-15(14)20-9-21-16/h9-10H,3-8H2,1-2H3,(H,19,24). The normalized spacial score (nSPS) is 16.3. The first-order valence-corrected chi connectivity index (χ1v) is 12.7. The van der Waals surface area contributed by atoms with Gasteiger partial charge in [0.15, 0.2) is 8.68 Å². The molecule has 1 aliphatic carbocycles. The van der Waals surface area contributed by atoms with E-state index in [2.05, 4.69) is 32.4 Å². The van der Waals surface area contributed by atoms with Crippen molar-refractivity contribution in [3.05, 3.63) is 16.8 Å². The highest BCUT2D eigenvalue weighted by Crippen LogP contribution is 2.42. The van der Waals surface area contributed by atoms with Crippen molar-refractivity contribution >= 4 is 62.3 Å². The third-order valence-electron chi connectivity index (χ3n) is 4.53. The van der Waals surface area contributed by atoms with E-state index >= 15 is 0 Å². The largest absolute Gasteiger partial charge is 0.355 e. The van der Waals surface area contributed by atoms with Gasteiger partial charge in [-0.3, -0.25) is 4.79 Å². The Morgan fingerprint density at radius 2 is 2.14 bits per heavy atom. The molecule has 0 aromatic carbocycles. The molecule has 0 bridgehead atoms. The number of nitrogens with one attached hydrogen (secondary N) is 1. The third kappa shape index (κ3) is 4.50. The van der Waals surface area contributed by atoms with E-state index in [-0.39, 0.29) is 5.91 Å². The number of aromatic nitrogens is 4. The van der Waals surface area contributed by atoms with Crippen molar-refractivity contribution in [1.29, 1.82) is 0 Å². The van der Waals surface area contributed by atoms with Crippen molar-refractivity contribution < 1.29 is 4.79 Å². The van der Waals surface area contributed by atoms with Crippen molar-refractivity contribution in [1.82, 2.24) is 25.5 Å². The second kappa shape index (κ2) is 9.06. The Morgan fingerprint density at radius 3 is 3.00 bits per heavy atom. The van der Waals surface area contributed by atoms with E-state index in [4.69, 9.17) is 0 Å². The Balaban J connectivity index is 1.49. The molecule has 0 fully saturated rings. The van der Waals surface area contributed by atoms with E-state index in [1.54, 1.807) is 29.4 Å². The molecule has 3 aromatic rings. The van der Waals surface area contributed by atoms with Gasteiger partial charge in [-0.25, -0.2) is 9.97 Å². The lowest BCUT2D eigenvalue weighted by Gasteiger charge is -2.17. The summed E-state index contributed by atoms with van der Waals surface area (Å²) < 4.78 is 1.65. The number of rotatable bonds is 7. The van der Waals surface area contributed by atoms with Crippen LogP contribution in [-0.2, 0) is 17.6 Å². The topological polar surface area (TPSA) is 80.7 Å². The van der Waals surface area contributed by atoms with Gasteiger partial charge in [-0.2, -0.15) is 0 Å². The Kier molecular flexibility index (Phi) is 6.49. The van der Waals surface area contributed by atoms with E-state index in [1.165, 1.54) is 45.3 Å². The quantitative estimate of drug-likeness (QED) is 0.420. The van der Waals surface area contributed by atoms with Crippen LogP contribution in [-0.4, -0.2) is 38.4 Å². The van der Waals surface area contributed by atoms with Gasteiger partial charge < -0.3 is 5.32 Å². The average molecular weight is 452 g/mol. The van der Waals surface area contributed by atoms with Gasteiger partial charge in [0, 0.05) is 16.8 Å². The van der Waals surface area contributed by atoms with Crippen LogP contribution in [0.25, 0.3) is 10.2 Å². The second-order valence-electron chi connectivity index (χ2n) is 6.79. The van der Waals surface area contributed by atoms with Gasteiger partial charge in [-0.05, 0) is 48.9 Å². The Hall–Kier alpha value is -1.23. The highest BCUT2D eigenvalue weighted by atomic mass is 32.2. The molecule has 1 unspecified atom stereocenters. The SMILES string of the molecule is CCCNC(=O)CSc1nnc(Sc2ncnc3sc4c(c23)CCC(C)C4)s1. The van der Waals surface area contributed by atoms with Crippen molar-refractivity contribution in [2.75, 3.05) is 12.3 Å². The van der Waals surface area contributed by atoms with E-state index in [1.807, 2.05) is 6.92 Å². The van der Waals surface area contributed by atoms with Crippen molar-refractivity contribution in [3.8, 4) is 0 Å². The molecule has 10 heteroatoms. The fraction of sp³-hybridized carbons (Fsp3) is 0.500. The summed E-state index contributed by atoms with van der Waals surface area (Å²) in [6, 6.07) is 0. The molecule has 4 rings (SSSR count). The molecule has 0 saturated heterocycles. The summed E-state index contributed by atoms with van der Waals surface area (Å²) in [5.41, 5.74) is 1.42. The van der Waals surface area contributed by atoms with Crippen LogP contribution < -0.4 is 5.32 Å². The molecule has 0 aliphatic heterocycles. The lowest BCUT2D eigenvalue weighted by Crippen LogP contribution is -2.25. The number of fused-ring (bicyclic) bond motifs is 3. The number of aryl methyl sites for hydroxylation is 1. The monoisotopic (exact) mass is 451 g/mol. The number of thioether (sulfide) groups is 1. The minimum absolute atomic E-state index is 0.0351. The summed E-state index contributed by atoms with van der Waals surface area (Å²) in [5.74, 6) is 1.14. The van der Waals surface area contributed by atoms with Crippen LogP contribution >= 0.6 is 46.2 Å². The molecule has 6 nitrogen and oxygen atoms in total. The Bertz CT molecular complexity index is 986. The number of hydrogen-bond acceptors (Lipinski definition) is 9. The van der Waals surface area contributed by atoms with Gasteiger partial charge in [-0.1, -0.05) is 36.9 Å². The first kappa shape index (κ1) is 20.1. The summed E-state index contributed by atoms with van der Waals surface area (Å²) in [6.45, 7) is 5.07. The molecular weight excluding hydrogens is 431 g/mol. The molecule has 0 spiro atoms. The van der Waals surface area contributed by atoms with Crippen molar-refractivity contribution in [2.24, 2.45) is 5.92 Å². The summed E-state index contributed by atoms with van der Waals surface area (Å²) >= 11 is 6.29. The minimum atomic E-state index is 0.0351. The molecule has 28 heavy (non-hydrogen) atoms. The van der Waals surface area contributed by atoms with Crippen LogP contribution in [0.4, 0.5) is 0 Å². The van der Waals surface area contributed by atoms with Crippen molar-refractivity contribution in [2.45, 2.75) is 53.2 Å². The molecular formula is C18H21N5OS4. The number of thiophene rings is 1. The molecule has 1 N–H and O–H groups in total. The number of hydrogen-bond donors (Lipinski definition) is 1. The predicted octanol–water partition coefficient (Wildman–Crippen LogP) is 4.44. The highest BCUT2D eigenvalue weighted by molar-refractivity contribution is 8.03. The van der Waals surface area contributed by atoms with Crippen LogP contribution in [0.15, 0.2) is 20.0 Å². The Labute approximate surface area is 180 Å². The van der Waals surface area contributed by atoms with Gasteiger partial charge in [0.05, 0.1) is 5.75 Å². The molecule has 1 aliphatic rings. The second-order valence-corrected chi connectivity index (χ2v) is 11.3. The van der Waals surface area contributed by atoms with Crippen molar-refractivity contribution in [3.63, 3.8) is 0 Å². The molecule has 0 saturated carbocycles. The van der Waals surface area contributed by atoms with Gasteiger partial charge in [0.2, 0.25) is 5.91 Å². The maximum Gasteiger partial charge on any atom is 0.230 e. The number of nitrogens with zero attached hydrogens (tertiary/aromatic N) is 4. The summed E-state index contributed by atoms with van der Waals surface area (Å²) in [4.78, 5) is 23.3. The number of carbonyl (C=O) groups is 1. The zero-order valence-electron chi connectivity index (χ0n) is 15.7. The minimum Gasteiger partial charge on any atom is -0.355 e. The summed E-state index contributed by atoms with van der Waals surface area (Å²) in [6.07, 6.45) is 6.04. The van der Waals surface area contributed by atoms with Gasteiger partial charge in [-0.15, -0.1) is 21.5 Å². The fourth-order valence-corrected chi connectivity index (χ4v) is 7.45. The molecule has 1 amide bonds. The lowest BCUT2D eigenvalue weighted by atomic mass is 9.89. The molecule has 3 heterocycles. The smallest absolute Gasteiger partial charge is 0.230 e. The zero-order chi connectivity index (χ0) is 19.5. The van der Waals surface area contributed by atoms with Gasteiger partial charge >= 0.3 is 0 Å². The third-order valence-corrected chi connectivity index (χ3v) is 8.80. The molecule has 3 aromatic heterocycles. The van der Waals surface area contributed by atoms with Gasteiger partial charge in [0.25, 0.3) is 0 Å². The maximum absolute atomic E-state index is 11.8. The molecule has 1 atom stereocenters. The van der Waals surface area contributed by atoms with Crippen LogP contribution in [0.2, 0.25) is 0 Å². The summed E-state index contributed by atoms with van der Waals surface area (Å²) in [5, 5.41) is 13.5. The van der Waals surface area contributed by atoms with E-state index in [0.29, 0.717) is 12.3 Å². The van der Waals surface area contributed by atoms with Gasteiger partial charge in [0.1, 0.15) is 16.2 Å². The van der Waals surface area contributed by atoms with Crippen LogP contribution in [0.5, 0.6) is 0 Å². The van der Waals surface area contributed by atoms with E-state index in [9.17, 15) is 4.79 Å². The van der Waals surface area contributed by atoms with E-state index < -0.39 is 0 Å². The number of carbonyl (C=O) groups excluding carboxylic acids is 1. The lowest BCUT2D eigenvalue weighted by molar-refractivity contribution is -0.118. The predicted molar refractivity (Wildman–Crippen MR) is 117 cm³/mol. The first-order valence-electron chi connectivity index (χ1n) is 9.30. The van der Waals surface area contributed by atoms with E-state index in [0.717, 1.165) is 43.7 Å². The van der Waals surface area contributed by atoms with Crippen LogP contribution in [0.3, 0.4) is 0 Å².